The van der Waals surface area contributed by atoms with Gasteiger partial charge in [-0.2, -0.15) is 4.31 Å². The van der Waals surface area contributed by atoms with Crippen LogP contribution in [-0.2, 0) is 19.5 Å². The number of benzene rings is 1. The van der Waals surface area contributed by atoms with Gasteiger partial charge in [-0.25, -0.2) is 8.42 Å². The van der Waals surface area contributed by atoms with Crippen LogP contribution < -0.4 is 5.32 Å². The lowest BCUT2D eigenvalue weighted by atomic mass is 9.96. The van der Waals surface area contributed by atoms with Crippen molar-refractivity contribution < 1.29 is 22.7 Å². The summed E-state index contributed by atoms with van der Waals surface area (Å²) in [6, 6.07) is 6.59. The Hall–Kier alpha value is -1.52. The van der Waals surface area contributed by atoms with Crippen molar-refractivity contribution in [1.82, 2.24) is 14.5 Å². The maximum Gasteiger partial charge on any atom is 0.251 e. The summed E-state index contributed by atoms with van der Waals surface area (Å²) in [6.45, 7) is 6.17. The predicted octanol–water partition coefficient (Wildman–Crippen LogP) is 1.33. The molecule has 2 atom stereocenters. The smallest absolute Gasteiger partial charge is 0.251 e. The lowest BCUT2D eigenvalue weighted by Crippen LogP contribution is -2.52. The van der Waals surface area contributed by atoms with Crippen LogP contribution in [0.15, 0.2) is 29.2 Å². The summed E-state index contributed by atoms with van der Waals surface area (Å²) < 4.78 is 38.5. The zero-order chi connectivity index (χ0) is 21.7. The molecular weight excluding hydrogens is 418 g/mol. The molecule has 3 aliphatic rings. The number of rotatable bonds is 7. The van der Waals surface area contributed by atoms with E-state index < -0.39 is 10.0 Å². The minimum atomic E-state index is -3.56. The Morgan fingerprint density at radius 1 is 1.06 bits per heavy atom. The van der Waals surface area contributed by atoms with Crippen molar-refractivity contribution >= 4 is 15.9 Å². The van der Waals surface area contributed by atoms with Crippen molar-refractivity contribution in [1.29, 1.82) is 0 Å². The van der Waals surface area contributed by atoms with Crippen molar-refractivity contribution in [2.45, 2.75) is 36.6 Å². The molecule has 0 aromatic heterocycles. The van der Waals surface area contributed by atoms with E-state index in [4.69, 9.17) is 9.47 Å². The molecule has 3 aliphatic heterocycles. The van der Waals surface area contributed by atoms with Crippen molar-refractivity contribution in [3.8, 4) is 0 Å². The number of ether oxygens (including phenoxy) is 2. The highest BCUT2D eigenvalue weighted by atomic mass is 32.2. The number of morpholine rings is 1. The van der Waals surface area contributed by atoms with E-state index in [0.717, 1.165) is 45.4 Å². The first-order valence-corrected chi connectivity index (χ1v) is 12.8. The summed E-state index contributed by atoms with van der Waals surface area (Å²) in [4.78, 5) is 15.5. The minimum absolute atomic E-state index is 0.190. The Morgan fingerprint density at radius 2 is 1.84 bits per heavy atom. The summed E-state index contributed by atoms with van der Waals surface area (Å²) in [5, 5.41) is 3.05. The number of nitrogens with one attached hydrogen (secondary N) is 1. The second-order valence-electron chi connectivity index (χ2n) is 8.54. The van der Waals surface area contributed by atoms with Gasteiger partial charge in [0.2, 0.25) is 10.0 Å². The van der Waals surface area contributed by atoms with Crippen LogP contribution in [0.3, 0.4) is 0 Å². The van der Waals surface area contributed by atoms with Gasteiger partial charge in [-0.3, -0.25) is 9.69 Å². The van der Waals surface area contributed by atoms with Crippen molar-refractivity contribution in [2.75, 3.05) is 59.2 Å². The SMILES string of the molecule is O=C(NCC(C1CCOC1)N1CCOCC1)c1cccc(S(=O)(=O)N2CCCCC2)c1. The van der Waals surface area contributed by atoms with Crippen molar-refractivity contribution in [3.63, 3.8) is 0 Å². The molecule has 8 nitrogen and oxygen atoms in total. The molecule has 4 rings (SSSR count). The zero-order valence-electron chi connectivity index (χ0n) is 18.0. The molecule has 0 saturated carbocycles. The largest absolute Gasteiger partial charge is 0.381 e. The van der Waals surface area contributed by atoms with Crippen LogP contribution in [-0.4, -0.2) is 88.7 Å². The topological polar surface area (TPSA) is 88.2 Å². The number of carbonyl (C=O) groups excluding carboxylic acids is 1. The lowest BCUT2D eigenvalue weighted by molar-refractivity contribution is 0.00166. The van der Waals surface area contributed by atoms with E-state index >= 15 is 0 Å². The molecule has 1 aromatic carbocycles. The standard InChI is InChI=1S/C22H33N3O5S/c26-22(23-16-21(19-7-12-30-17-19)24-10-13-29-14-11-24)18-5-4-6-20(15-18)31(27,28)25-8-2-1-3-9-25/h4-6,15,19,21H,1-3,7-14,16-17H2,(H,23,26). The van der Waals surface area contributed by atoms with Crippen LogP contribution in [0, 0.1) is 5.92 Å². The Morgan fingerprint density at radius 3 is 2.55 bits per heavy atom. The highest BCUT2D eigenvalue weighted by Gasteiger charge is 2.32. The Kier molecular flexibility index (Phi) is 7.60. The van der Waals surface area contributed by atoms with Crippen molar-refractivity contribution in [3.05, 3.63) is 29.8 Å². The number of hydrogen-bond acceptors (Lipinski definition) is 6. The molecule has 31 heavy (non-hydrogen) atoms. The van der Waals surface area contributed by atoms with E-state index in [1.54, 1.807) is 18.2 Å². The molecule has 172 valence electrons. The highest BCUT2D eigenvalue weighted by molar-refractivity contribution is 7.89. The molecule has 3 fully saturated rings. The Balaban J connectivity index is 1.43. The van der Waals surface area contributed by atoms with E-state index in [0.29, 0.717) is 50.9 Å². The van der Waals surface area contributed by atoms with Gasteiger partial charge in [0.05, 0.1) is 24.7 Å². The quantitative estimate of drug-likeness (QED) is 0.673. The Labute approximate surface area is 184 Å². The first-order valence-electron chi connectivity index (χ1n) is 11.3. The van der Waals surface area contributed by atoms with Gasteiger partial charge >= 0.3 is 0 Å². The molecule has 0 radical (unpaired) electrons. The van der Waals surface area contributed by atoms with E-state index in [1.807, 2.05) is 0 Å². The first-order chi connectivity index (χ1) is 15.1. The second kappa shape index (κ2) is 10.4. The van der Waals surface area contributed by atoms with Crippen LogP contribution in [0.2, 0.25) is 0 Å². The third kappa shape index (κ3) is 5.46. The van der Waals surface area contributed by atoms with Gasteiger partial charge in [0.25, 0.3) is 5.91 Å². The highest BCUT2D eigenvalue weighted by Crippen LogP contribution is 2.23. The number of sulfonamides is 1. The minimum Gasteiger partial charge on any atom is -0.381 e. The second-order valence-corrected chi connectivity index (χ2v) is 10.5. The normalized spacial score (nSPS) is 24.7. The fraction of sp³-hybridized carbons (Fsp3) is 0.682. The van der Waals surface area contributed by atoms with E-state index in [9.17, 15) is 13.2 Å². The molecule has 3 saturated heterocycles. The van der Waals surface area contributed by atoms with Crippen LogP contribution in [0.1, 0.15) is 36.0 Å². The number of piperidine rings is 1. The average Bonchev–Trinajstić information content (AvgIpc) is 3.35. The average molecular weight is 452 g/mol. The van der Waals surface area contributed by atoms with Gasteiger partial charge in [0.1, 0.15) is 0 Å². The molecule has 1 amide bonds. The van der Waals surface area contributed by atoms with E-state index in [-0.39, 0.29) is 16.8 Å². The fourth-order valence-electron chi connectivity index (χ4n) is 4.71. The number of amides is 1. The van der Waals surface area contributed by atoms with Crippen LogP contribution >= 0.6 is 0 Å². The molecule has 1 aromatic rings. The number of carbonyl (C=O) groups is 1. The summed E-state index contributed by atoms with van der Waals surface area (Å²) in [7, 11) is -3.56. The fourth-order valence-corrected chi connectivity index (χ4v) is 6.27. The van der Waals surface area contributed by atoms with Gasteiger partial charge < -0.3 is 14.8 Å². The van der Waals surface area contributed by atoms with Gasteiger partial charge in [-0.05, 0) is 37.5 Å². The molecule has 1 N–H and O–H groups in total. The first kappa shape index (κ1) is 22.7. The molecule has 0 bridgehead atoms. The van der Waals surface area contributed by atoms with E-state index in [1.165, 1.54) is 10.4 Å². The van der Waals surface area contributed by atoms with Crippen LogP contribution in [0.4, 0.5) is 0 Å². The number of hydrogen-bond donors (Lipinski definition) is 1. The number of nitrogens with zero attached hydrogens (tertiary/aromatic N) is 2. The maximum absolute atomic E-state index is 13.0. The van der Waals surface area contributed by atoms with Gasteiger partial charge in [0.15, 0.2) is 0 Å². The summed E-state index contributed by atoms with van der Waals surface area (Å²) >= 11 is 0. The Bertz CT molecular complexity index is 844. The van der Waals surface area contributed by atoms with E-state index in [2.05, 4.69) is 10.2 Å². The van der Waals surface area contributed by atoms with Gasteiger partial charge in [-0.15, -0.1) is 0 Å². The summed E-state index contributed by atoms with van der Waals surface area (Å²) in [5.41, 5.74) is 0.376. The summed E-state index contributed by atoms with van der Waals surface area (Å²) in [6.07, 6.45) is 3.81. The molecule has 3 heterocycles. The van der Waals surface area contributed by atoms with Gasteiger partial charge in [0, 0.05) is 56.9 Å². The lowest BCUT2D eigenvalue weighted by Gasteiger charge is -2.37. The molecule has 9 heteroatoms. The maximum atomic E-state index is 13.0. The molecule has 0 aliphatic carbocycles. The van der Waals surface area contributed by atoms with Crippen molar-refractivity contribution in [2.24, 2.45) is 5.92 Å². The molecule has 2 unspecified atom stereocenters. The third-order valence-electron chi connectivity index (χ3n) is 6.54. The summed E-state index contributed by atoms with van der Waals surface area (Å²) in [5.74, 6) is 0.136. The predicted molar refractivity (Wildman–Crippen MR) is 116 cm³/mol. The molecule has 0 spiro atoms. The third-order valence-corrected chi connectivity index (χ3v) is 8.44. The van der Waals surface area contributed by atoms with Gasteiger partial charge in [-0.1, -0.05) is 12.5 Å². The molecular formula is C22H33N3O5S. The van der Waals surface area contributed by atoms with Crippen LogP contribution in [0.5, 0.6) is 0 Å². The monoisotopic (exact) mass is 451 g/mol. The van der Waals surface area contributed by atoms with Crippen LogP contribution in [0.25, 0.3) is 0 Å². The zero-order valence-corrected chi connectivity index (χ0v) is 18.8.